The molecule has 0 aliphatic heterocycles. The first kappa shape index (κ1) is 49.8. The highest BCUT2D eigenvalue weighted by Crippen LogP contribution is 2.51. The Bertz CT molecular complexity index is 5130. The van der Waals surface area contributed by atoms with Gasteiger partial charge in [-0.05, 0) is 165 Å². The Morgan fingerprint density at radius 1 is 0.381 bits per heavy atom. The lowest BCUT2D eigenvalue weighted by molar-refractivity contribution is 0.596. The number of benzene rings is 11. The van der Waals surface area contributed by atoms with E-state index in [1.807, 2.05) is 36.4 Å². The van der Waals surface area contributed by atoms with E-state index in [1.165, 1.54) is 23.9 Å². The van der Waals surface area contributed by atoms with Gasteiger partial charge in [-0.25, -0.2) is 8.42 Å². The highest BCUT2D eigenvalue weighted by molar-refractivity contribution is 7.91. The summed E-state index contributed by atoms with van der Waals surface area (Å²) in [6.45, 7) is 0. The molecule has 3 aromatic heterocycles. The Morgan fingerprint density at radius 2 is 0.738 bits per heavy atom. The predicted molar refractivity (Wildman–Crippen MR) is 341 cm³/mol. The molecule has 3 heterocycles. The van der Waals surface area contributed by atoms with Crippen molar-refractivity contribution in [2.75, 3.05) is 9.80 Å². The number of hydrogen-bond donors (Lipinski definition) is 0. The average Bonchev–Trinajstić information content (AvgIpc) is 1.53. The zero-order valence-corrected chi connectivity index (χ0v) is 46.1. The maximum Gasteiger partial charge on any atom is 0.206 e. The number of rotatable bonds is 11. The molecule has 0 atom stereocenters. The molecule has 0 spiro atoms. The van der Waals surface area contributed by atoms with Gasteiger partial charge in [0, 0.05) is 83.5 Å². The predicted octanol–water partition coefficient (Wildman–Crippen LogP) is 18.4. The van der Waals surface area contributed by atoms with Gasteiger partial charge in [0.15, 0.2) is 0 Å². The van der Waals surface area contributed by atoms with E-state index in [0.717, 1.165) is 124 Å². The van der Waals surface area contributed by atoms with E-state index in [-0.39, 0.29) is 20.9 Å². The molecule has 0 amide bonds. The molecule has 0 bridgehead atoms. The van der Waals surface area contributed by atoms with Gasteiger partial charge in [0.05, 0.1) is 66.2 Å². The van der Waals surface area contributed by atoms with Crippen molar-refractivity contribution in [1.82, 2.24) is 13.7 Å². The number of aromatic nitrogens is 3. The second-order valence-corrected chi connectivity index (χ2v) is 23.0. The van der Waals surface area contributed by atoms with Gasteiger partial charge in [0.2, 0.25) is 9.84 Å². The van der Waals surface area contributed by atoms with E-state index in [4.69, 9.17) is 0 Å². The second kappa shape index (κ2) is 20.1. The van der Waals surface area contributed by atoms with Crippen LogP contribution in [0.15, 0.2) is 289 Å². The minimum absolute atomic E-state index is 0.0438. The van der Waals surface area contributed by atoms with Crippen molar-refractivity contribution in [3.05, 3.63) is 290 Å². The van der Waals surface area contributed by atoms with Crippen molar-refractivity contribution in [2.45, 2.75) is 22.6 Å². The van der Waals surface area contributed by atoms with Gasteiger partial charge in [-0.3, -0.25) is 0 Å². The van der Waals surface area contributed by atoms with Crippen LogP contribution >= 0.6 is 0 Å². The van der Waals surface area contributed by atoms with E-state index in [9.17, 15) is 18.9 Å². The molecular weight excluding hydrogens is 1050 g/mol. The molecule has 0 N–H and O–H groups in total. The van der Waals surface area contributed by atoms with E-state index in [1.54, 1.807) is 12.1 Å². The SMILES string of the molecule is N#Cc1cc(C#N)cc(S(=O)(=O)c2ccc(-n3c4ccccc4c4c5c(c6ccccc6n5-c5ccc(N(C6=CC=CCC6)c6ccccc6)cc5)c5c(c6ccccc6n5-c5ccc(N(c6ccccc6)c6ccccc6)cc5)c43)cc2)c1. The molecule has 0 saturated heterocycles. The number of hydrogen-bond acceptors (Lipinski definition) is 6. The summed E-state index contributed by atoms with van der Waals surface area (Å²) in [4.78, 5) is 4.57. The van der Waals surface area contributed by atoms with Gasteiger partial charge < -0.3 is 23.5 Å². The number of nitrogens with zero attached hydrogens (tertiary/aromatic N) is 7. The lowest BCUT2D eigenvalue weighted by Gasteiger charge is -2.29. The highest BCUT2D eigenvalue weighted by atomic mass is 32.2. The Kier molecular flexibility index (Phi) is 11.9. The summed E-state index contributed by atoms with van der Waals surface area (Å²) in [7, 11) is -4.15. The van der Waals surface area contributed by atoms with Crippen molar-refractivity contribution in [1.29, 1.82) is 10.5 Å². The second-order valence-electron chi connectivity index (χ2n) is 21.0. The van der Waals surface area contributed by atoms with Crippen LogP contribution in [0.2, 0.25) is 0 Å². The van der Waals surface area contributed by atoms with Gasteiger partial charge >= 0.3 is 0 Å². The van der Waals surface area contributed by atoms with Crippen LogP contribution in [0, 0.1) is 22.7 Å². The number of sulfone groups is 1. The van der Waals surface area contributed by atoms with E-state index in [2.05, 4.69) is 242 Å². The lowest BCUT2D eigenvalue weighted by atomic mass is 10.0. The maximum atomic E-state index is 14.4. The smallest absolute Gasteiger partial charge is 0.206 e. The Balaban J connectivity index is 1.03. The van der Waals surface area contributed by atoms with Crippen LogP contribution in [0.25, 0.3) is 82.5 Å². The molecule has 11 aromatic carbocycles. The van der Waals surface area contributed by atoms with E-state index < -0.39 is 9.84 Å². The fourth-order valence-electron chi connectivity index (χ4n) is 12.7. The summed E-state index contributed by atoms with van der Waals surface area (Å²) in [5, 5.41) is 26.0. The van der Waals surface area contributed by atoms with Crippen LogP contribution in [0.4, 0.5) is 28.4 Å². The quantitative estimate of drug-likeness (QED) is 0.128. The topological polar surface area (TPSA) is 103 Å². The highest BCUT2D eigenvalue weighted by Gasteiger charge is 2.30. The molecule has 84 heavy (non-hydrogen) atoms. The molecular formula is C74H49N7O2S. The van der Waals surface area contributed by atoms with Gasteiger partial charge in [0.25, 0.3) is 0 Å². The summed E-state index contributed by atoms with van der Waals surface area (Å²) in [5.74, 6) is 0. The zero-order valence-electron chi connectivity index (χ0n) is 45.3. The minimum Gasteiger partial charge on any atom is -0.314 e. The molecule has 398 valence electrons. The largest absolute Gasteiger partial charge is 0.314 e. The van der Waals surface area contributed by atoms with Crippen molar-refractivity contribution in [2.24, 2.45) is 0 Å². The van der Waals surface area contributed by atoms with Crippen LogP contribution in [0.3, 0.4) is 0 Å². The fourth-order valence-corrected chi connectivity index (χ4v) is 14.0. The van der Waals surface area contributed by atoms with Crippen molar-refractivity contribution < 1.29 is 8.42 Å². The molecule has 9 nitrogen and oxygen atoms in total. The molecule has 1 aliphatic carbocycles. The van der Waals surface area contributed by atoms with E-state index >= 15 is 0 Å². The Morgan fingerprint density at radius 3 is 1.13 bits per heavy atom. The van der Waals surface area contributed by atoms with Gasteiger partial charge in [-0.2, -0.15) is 10.5 Å². The van der Waals surface area contributed by atoms with Gasteiger partial charge in [-0.15, -0.1) is 0 Å². The monoisotopic (exact) mass is 1100 g/mol. The van der Waals surface area contributed by atoms with Crippen LogP contribution in [-0.2, 0) is 9.84 Å². The zero-order chi connectivity index (χ0) is 56.5. The molecule has 10 heteroatoms. The summed E-state index contributed by atoms with van der Waals surface area (Å²) >= 11 is 0. The molecule has 14 aromatic rings. The summed E-state index contributed by atoms with van der Waals surface area (Å²) in [6, 6.07) is 90.2. The molecule has 0 fully saturated rings. The molecule has 15 rings (SSSR count). The molecule has 0 unspecified atom stereocenters. The Labute approximate surface area is 485 Å². The number of nitriles is 2. The van der Waals surface area contributed by atoms with Crippen molar-refractivity contribution in [3.8, 4) is 29.2 Å². The van der Waals surface area contributed by atoms with E-state index in [0.29, 0.717) is 0 Å². The third-order valence-electron chi connectivity index (χ3n) is 16.3. The molecule has 1 aliphatic rings. The standard InChI is InChI=1S/C74H49N7O2S/c75-48-50-45-51(49-76)47-62(46-50)84(82,83)61-43-41-60(42-44-61)81-68-32-18-15-29-65(68)71-73-69(63-27-13-16-30-66(63)79(73)58-37-33-56(34-38-58)77(52-19-5-1-6-20-52)53-21-7-2-8-22-53)72-70(74(71)81)64-28-14-17-31-67(64)80(72)59-39-35-57(36-40-59)78(54-23-9-3-10-24-54)55-25-11-4-12-26-55/h1-7,9-21,23-47H,8,22H2. The summed E-state index contributed by atoms with van der Waals surface area (Å²) in [5.41, 5.74) is 15.5. The van der Waals surface area contributed by atoms with Gasteiger partial charge in [-0.1, -0.05) is 121 Å². The first-order valence-electron chi connectivity index (χ1n) is 27.9. The third kappa shape index (κ3) is 8.00. The maximum absolute atomic E-state index is 14.4. The molecule has 0 radical (unpaired) electrons. The van der Waals surface area contributed by atoms with Crippen LogP contribution in [0.5, 0.6) is 0 Å². The number of allylic oxidation sites excluding steroid dienone is 4. The number of anilines is 5. The third-order valence-corrected chi connectivity index (χ3v) is 18.0. The van der Waals surface area contributed by atoms with Crippen LogP contribution < -0.4 is 9.80 Å². The van der Waals surface area contributed by atoms with Crippen LogP contribution in [-0.4, -0.2) is 22.1 Å². The number of para-hydroxylation sites is 6. The molecule has 0 saturated carbocycles. The minimum atomic E-state index is -4.15. The first-order valence-corrected chi connectivity index (χ1v) is 29.4. The summed E-state index contributed by atoms with van der Waals surface area (Å²) in [6.07, 6.45) is 8.48. The van der Waals surface area contributed by atoms with Crippen LogP contribution in [0.1, 0.15) is 24.0 Å². The van der Waals surface area contributed by atoms with Gasteiger partial charge in [0.1, 0.15) is 0 Å². The summed E-state index contributed by atoms with van der Waals surface area (Å²) < 4.78 is 36.0. The number of fused-ring (bicyclic) bond motifs is 12. The first-order chi connectivity index (χ1) is 41.4. The Hall–Kier alpha value is -11.2. The lowest BCUT2D eigenvalue weighted by Crippen LogP contribution is -2.17. The van der Waals surface area contributed by atoms with Crippen molar-refractivity contribution >= 4 is 104 Å². The normalized spacial score (nSPS) is 12.5. The van der Waals surface area contributed by atoms with Crippen molar-refractivity contribution in [3.63, 3.8) is 0 Å². The average molecular weight is 1100 g/mol. The fraction of sp³-hybridized carbons (Fsp3) is 0.0270.